The predicted octanol–water partition coefficient (Wildman–Crippen LogP) is 8.60. The highest BCUT2D eigenvalue weighted by molar-refractivity contribution is 6.06. The number of carbonyl (C=O) groups is 1. The molecular formula is C39H48FN5O5. The average molecular weight is 686 g/mol. The fourth-order valence-corrected chi connectivity index (χ4v) is 5.76. The van der Waals surface area contributed by atoms with Crippen molar-refractivity contribution in [1.29, 1.82) is 0 Å². The number of hydrogen-bond acceptors (Lipinski definition) is 9. The summed E-state index contributed by atoms with van der Waals surface area (Å²) in [5.41, 5.74) is 3.95. The van der Waals surface area contributed by atoms with Gasteiger partial charge < -0.3 is 34.5 Å². The third-order valence-corrected chi connectivity index (χ3v) is 8.58. The molecule has 0 unspecified atom stereocenters. The number of rotatable bonds is 17. The van der Waals surface area contributed by atoms with Crippen molar-refractivity contribution in [2.75, 3.05) is 50.6 Å². The van der Waals surface area contributed by atoms with Crippen molar-refractivity contribution in [3.63, 3.8) is 0 Å². The van der Waals surface area contributed by atoms with Gasteiger partial charge in [0.25, 0.3) is 5.91 Å². The second-order valence-corrected chi connectivity index (χ2v) is 12.5. The number of amides is 1. The van der Waals surface area contributed by atoms with Gasteiger partial charge in [0.1, 0.15) is 5.56 Å². The Labute approximate surface area is 294 Å². The number of unbranched alkanes of at least 4 members (excludes halogenated alkanes) is 1. The van der Waals surface area contributed by atoms with Crippen molar-refractivity contribution in [2.24, 2.45) is 0 Å². The molecule has 10 nitrogen and oxygen atoms in total. The molecule has 1 aliphatic heterocycles. The fraction of sp³-hybridized carbons (Fsp3) is 0.410. The zero-order valence-electron chi connectivity index (χ0n) is 29.5. The third kappa shape index (κ3) is 10.1. The molecule has 3 aromatic carbocycles. The van der Waals surface area contributed by atoms with E-state index >= 15 is 4.39 Å². The van der Waals surface area contributed by atoms with Gasteiger partial charge in [-0.1, -0.05) is 44.0 Å². The van der Waals surface area contributed by atoms with Crippen LogP contribution in [0.15, 0.2) is 60.8 Å². The van der Waals surface area contributed by atoms with Crippen LogP contribution >= 0.6 is 0 Å². The molecule has 1 aromatic heterocycles. The van der Waals surface area contributed by atoms with Gasteiger partial charge in [-0.05, 0) is 93.6 Å². The minimum absolute atomic E-state index is 0.00869. The Kier molecular flexibility index (Phi) is 13.4. The molecule has 2 heterocycles. The van der Waals surface area contributed by atoms with E-state index in [1.807, 2.05) is 44.2 Å². The summed E-state index contributed by atoms with van der Waals surface area (Å²) in [5.74, 6) is 0.134. The number of benzene rings is 3. The van der Waals surface area contributed by atoms with Gasteiger partial charge in [0.05, 0.1) is 20.3 Å². The van der Waals surface area contributed by atoms with Gasteiger partial charge in [0.2, 0.25) is 11.8 Å². The predicted molar refractivity (Wildman–Crippen MR) is 194 cm³/mol. The van der Waals surface area contributed by atoms with E-state index in [4.69, 9.17) is 18.9 Å². The van der Waals surface area contributed by atoms with Gasteiger partial charge in [0.15, 0.2) is 23.1 Å². The first-order valence-corrected chi connectivity index (χ1v) is 17.4. The molecule has 1 saturated heterocycles. The molecule has 0 aliphatic carbocycles. The topological polar surface area (TPSA) is 107 Å². The summed E-state index contributed by atoms with van der Waals surface area (Å²) in [5, 5.41) is 6.01. The number of nitrogens with one attached hydrogen (secondary N) is 2. The first kappa shape index (κ1) is 36.5. The SMILES string of the molecule is CCCCOCc1ccc(Oc2nc(Nc3ccc(OCCCN4CCCCC4)c(F)c3)ncc2C(=O)Nc2c(C)cccc2C)c(OC)c1. The molecule has 0 saturated carbocycles. The smallest absolute Gasteiger partial charge is 0.262 e. The lowest BCUT2D eigenvalue weighted by atomic mass is 10.1. The first-order valence-electron chi connectivity index (χ1n) is 17.4. The van der Waals surface area contributed by atoms with Crippen LogP contribution in [0.5, 0.6) is 23.1 Å². The maximum absolute atomic E-state index is 15.1. The molecule has 0 radical (unpaired) electrons. The fourth-order valence-electron chi connectivity index (χ4n) is 5.76. The monoisotopic (exact) mass is 685 g/mol. The van der Waals surface area contributed by atoms with Crippen LogP contribution in [-0.2, 0) is 11.3 Å². The average Bonchev–Trinajstić information content (AvgIpc) is 3.12. The highest BCUT2D eigenvalue weighted by Gasteiger charge is 2.21. The Morgan fingerprint density at radius 1 is 0.940 bits per heavy atom. The standard InChI is InChI=1S/C39H48FN5O5/c1-5-6-21-48-26-29-14-16-34(35(23-29)47-4)50-38-31(37(46)43-36-27(2)12-10-13-28(36)3)25-41-39(44-38)42-30-15-17-33(32(40)24-30)49-22-11-20-45-18-8-7-9-19-45/h10,12-17,23-25H,5-9,11,18-22,26H2,1-4H3,(H,43,46)(H,41,42,44). The number of aryl methyl sites for hydroxylation is 2. The van der Waals surface area contributed by atoms with Crippen LogP contribution < -0.4 is 24.8 Å². The number of nitrogens with zero attached hydrogens (tertiary/aromatic N) is 3. The van der Waals surface area contributed by atoms with Crippen molar-refractivity contribution in [3.05, 3.63) is 88.9 Å². The summed E-state index contributed by atoms with van der Waals surface area (Å²) in [6.07, 6.45) is 8.02. The van der Waals surface area contributed by atoms with Gasteiger partial charge >= 0.3 is 0 Å². The molecule has 5 rings (SSSR count). The summed E-state index contributed by atoms with van der Waals surface area (Å²) in [6, 6.07) is 15.8. The minimum atomic E-state index is -0.502. The molecule has 1 fully saturated rings. The number of anilines is 3. The van der Waals surface area contributed by atoms with Crippen molar-refractivity contribution in [2.45, 2.75) is 65.9 Å². The molecule has 1 aliphatic rings. The molecule has 50 heavy (non-hydrogen) atoms. The van der Waals surface area contributed by atoms with E-state index in [-0.39, 0.29) is 23.1 Å². The summed E-state index contributed by atoms with van der Waals surface area (Å²) in [4.78, 5) is 25.0. The number of ether oxygens (including phenoxy) is 4. The summed E-state index contributed by atoms with van der Waals surface area (Å²) < 4.78 is 38.5. The van der Waals surface area contributed by atoms with E-state index in [1.165, 1.54) is 31.5 Å². The first-order chi connectivity index (χ1) is 24.3. The van der Waals surface area contributed by atoms with Gasteiger partial charge in [-0.15, -0.1) is 0 Å². The van der Waals surface area contributed by atoms with E-state index in [0.717, 1.165) is 55.6 Å². The van der Waals surface area contributed by atoms with Crippen LogP contribution in [0.25, 0.3) is 0 Å². The van der Waals surface area contributed by atoms with Crippen molar-refractivity contribution in [3.8, 4) is 23.1 Å². The summed E-state index contributed by atoms with van der Waals surface area (Å²) in [6.45, 7) is 10.7. The lowest BCUT2D eigenvalue weighted by Crippen LogP contribution is -2.31. The Hall–Kier alpha value is -4.74. The highest BCUT2D eigenvalue weighted by Crippen LogP contribution is 2.34. The van der Waals surface area contributed by atoms with E-state index in [2.05, 4.69) is 32.4 Å². The van der Waals surface area contributed by atoms with Gasteiger partial charge in [0, 0.05) is 36.8 Å². The molecule has 11 heteroatoms. The molecule has 2 N–H and O–H groups in total. The van der Waals surface area contributed by atoms with Gasteiger partial charge in [-0.25, -0.2) is 9.37 Å². The zero-order chi connectivity index (χ0) is 35.3. The van der Waals surface area contributed by atoms with Crippen LogP contribution in [0, 0.1) is 19.7 Å². The lowest BCUT2D eigenvalue weighted by Gasteiger charge is -2.26. The number of aromatic nitrogens is 2. The maximum atomic E-state index is 15.1. The summed E-state index contributed by atoms with van der Waals surface area (Å²) >= 11 is 0. The number of carbonyl (C=O) groups excluding carboxylic acids is 1. The third-order valence-electron chi connectivity index (χ3n) is 8.58. The number of hydrogen-bond donors (Lipinski definition) is 2. The number of halogens is 1. The molecule has 0 spiro atoms. The van der Waals surface area contributed by atoms with Crippen LogP contribution in [0.3, 0.4) is 0 Å². The molecule has 4 aromatic rings. The molecule has 0 bridgehead atoms. The Bertz CT molecular complexity index is 1710. The number of likely N-dealkylation sites (tertiary alicyclic amines) is 1. The van der Waals surface area contributed by atoms with Crippen LogP contribution in [-0.4, -0.2) is 60.7 Å². The maximum Gasteiger partial charge on any atom is 0.262 e. The number of piperidine rings is 1. The van der Waals surface area contributed by atoms with Crippen LogP contribution in [0.1, 0.15) is 72.5 Å². The van der Waals surface area contributed by atoms with Gasteiger partial charge in [-0.2, -0.15) is 4.98 Å². The van der Waals surface area contributed by atoms with Crippen molar-refractivity contribution < 1.29 is 28.1 Å². The van der Waals surface area contributed by atoms with E-state index in [9.17, 15) is 4.79 Å². The van der Waals surface area contributed by atoms with E-state index < -0.39 is 11.7 Å². The van der Waals surface area contributed by atoms with Crippen LogP contribution in [0.2, 0.25) is 0 Å². The lowest BCUT2D eigenvalue weighted by molar-refractivity contribution is 0.102. The van der Waals surface area contributed by atoms with Crippen molar-refractivity contribution >= 4 is 23.2 Å². The van der Waals surface area contributed by atoms with Crippen molar-refractivity contribution in [1.82, 2.24) is 14.9 Å². The van der Waals surface area contributed by atoms with E-state index in [1.54, 1.807) is 25.3 Å². The summed E-state index contributed by atoms with van der Waals surface area (Å²) in [7, 11) is 1.54. The van der Waals surface area contributed by atoms with Gasteiger partial charge in [-0.3, -0.25) is 4.79 Å². The molecule has 0 atom stereocenters. The number of methoxy groups -OCH3 is 1. The molecule has 1 amide bonds. The normalized spacial score (nSPS) is 13.1. The van der Waals surface area contributed by atoms with E-state index in [0.29, 0.717) is 42.7 Å². The highest BCUT2D eigenvalue weighted by atomic mass is 19.1. The molecule has 266 valence electrons. The zero-order valence-corrected chi connectivity index (χ0v) is 29.5. The second-order valence-electron chi connectivity index (χ2n) is 12.5. The largest absolute Gasteiger partial charge is 0.493 e. The quantitative estimate of drug-likeness (QED) is 0.106. The minimum Gasteiger partial charge on any atom is -0.493 e. The van der Waals surface area contributed by atoms with Crippen LogP contribution in [0.4, 0.5) is 21.7 Å². The Balaban J connectivity index is 1.33. The Morgan fingerprint density at radius 3 is 2.46 bits per heavy atom. The second kappa shape index (κ2) is 18.3. The Morgan fingerprint density at radius 2 is 1.72 bits per heavy atom. The molecular weight excluding hydrogens is 637 g/mol. The number of para-hydroxylation sites is 1.